The van der Waals surface area contributed by atoms with Crippen molar-refractivity contribution in [2.75, 3.05) is 14.2 Å². The van der Waals surface area contributed by atoms with Gasteiger partial charge in [-0.05, 0) is 37.0 Å². The van der Waals surface area contributed by atoms with Crippen LogP contribution in [0.5, 0.6) is 5.75 Å². The smallest absolute Gasteiger partial charge is 0.136 e. The normalized spacial score (nSPS) is 22.2. The van der Waals surface area contributed by atoms with Gasteiger partial charge in [0, 0.05) is 19.7 Å². The monoisotopic (exact) mass is 260 g/mol. The van der Waals surface area contributed by atoms with E-state index in [1.807, 2.05) is 18.2 Å². The van der Waals surface area contributed by atoms with E-state index in [0.717, 1.165) is 24.9 Å². The van der Waals surface area contributed by atoms with Gasteiger partial charge >= 0.3 is 0 Å². The van der Waals surface area contributed by atoms with Crippen LogP contribution < -0.4 is 10.1 Å². The van der Waals surface area contributed by atoms with Crippen molar-refractivity contribution < 1.29 is 9.47 Å². The number of methoxy groups -OCH3 is 2. The van der Waals surface area contributed by atoms with E-state index >= 15 is 0 Å². The van der Waals surface area contributed by atoms with Gasteiger partial charge in [-0.25, -0.2) is 0 Å². The summed E-state index contributed by atoms with van der Waals surface area (Å²) in [5.41, 5.74) is 1.68. The van der Waals surface area contributed by atoms with E-state index in [4.69, 9.17) is 14.7 Å². The quantitative estimate of drug-likeness (QED) is 0.882. The number of nitrogens with one attached hydrogen (secondary N) is 1. The minimum atomic E-state index is 0.314. The second-order valence-corrected chi connectivity index (χ2v) is 4.84. The molecule has 0 saturated heterocycles. The Morgan fingerprint density at radius 3 is 2.89 bits per heavy atom. The predicted octanol–water partition coefficient (Wildman–Crippen LogP) is 2.22. The molecule has 0 heterocycles. The lowest BCUT2D eigenvalue weighted by Gasteiger charge is -2.19. The molecule has 0 aromatic heterocycles. The van der Waals surface area contributed by atoms with Gasteiger partial charge in [-0.1, -0.05) is 6.07 Å². The average Bonchev–Trinajstić information content (AvgIpc) is 2.92. The minimum Gasteiger partial charge on any atom is -0.495 e. The van der Waals surface area contributed by atoms with Crippen molar-refractivity contribution in [1.82, 2.24) is 5.32 Å². The van der Waals surface area contributed by atoms with Crippen molar-refractivity contribution in [3.05, 3.63) is 29.3 Å². The summed E-state index contributed by atoms with van der Waals surface area (Å²) in [6.07, 6.45) is 3.80. The zero-order valence-electron chi connectivity index (χ0n) is 11.5. The fourth-order valence-electron chi connectivity index (χ4n) is 2.64. The summed E-state index contributed by atoms with van der Waals surface area (Å²) < 4.78 is 10.6. The Bertz CT molecular complexity index is 468. The Kier molecular flexibility index (Phi) is 4.78. The molecule has 2 unspecified atom stereocenters. The molecule has 1 aliphatic rings. The van der Waals surface area contributed by atoms with E-state index < -0.39 is 0 Å². The van der Waals surface area contributed by atoms with Crippen LogP contribution in [0.1, 0.15) is 30.4 Å². The first-order chi connectivity index (χ1) is 9.28. The summed E-state index contributed by atoms with van der Waals surface area (Å²) in [7, 11) is 3.35. The summed E-state index contributed by atoms with van der Waals surface area (Å²) in [4.78, 5) is 0. The second-order valence-electron chi connectivity index (χ2n) is 4.84. The number of benzene rings is 1. The molecule has 0 aliphatic heterocycles. The lowest BCUT2D eigenvalue weighted by atomic mass is 10.1. The number of ether oxygens (including phenoxy) is 2. The molecule has 1 aromatic carbocycles. The van der Waals surface area contributed by atoms with Gasteiger partial charge in [-0.3, -0.25) is 0 Å². The Labute approximate surface area is 114 Å². The molecule has 1 N–H and O–H groups in total. The van der Waals surface area contributed by atoms with E-state index in [1.165, 1.54) is 6.42 Å². The number of nitriles is 1. The summed E-state index contributed by atoms with van der Waals surface area (Å²) in [6, 6.07) is 8.28. The van der Waals surface area contributed by atoms with Gasteiger partial charge in [-0.2, -0.15) is 5.26 Å². The molecule has 2 rings (SSSR count). The van der Waals surface area contributed by atoms with Gasteiger partial charge in [0.05, 0.1) is 18.8 Å². The molecule has 0 spiro atoms. The lowest BCUT2D eigenvalue weighted by molar-refractivity contribution is 0.0847. The number of hydrogen-bond donors (Lipinski definition) is 1. The Morgan fingerprint density at radius 2 is 2.21 bits per heavy atom. The largest absolute Gasteiger partial charge is 0.495 e. The molecule has 1 aliphatic carbocycles. The van der Waals surface area contributed by atoms with Crippen molar-refractivity contribution in [1.29, 1.82) is 5.26 Å². The van der Waals surface area contributed by atoms with Crippen molar-refractivity contribution in [3.63, 3.8) is 0 Å². The highest BCUT2D eigenvalue weighted by atomic mass is 16.5. The fourth-order valence-corrected chi connectivity index (χ4v) is 2.64. The summed E-state index contributed by atoms with van der Waals surface area (Å²) in [5, 5.41) is 12.6. The molecule has 0 amide bonds. The third kappa shape index (κ3) is 3.25. The first-order valence-corrected chi connectivity index (χ1v) is 6.61. The van der Waals surface area contributed by atoms with Crippen LogP contribution in [0.3, 0.4) is 0 Å². The van der Waals surface area contributed by atoms with Gasteiger partial charge in [0.2, 0.25) is 0 Å². The first-order valence-electron chi connectivity index (χ1n) is 6.61. The maximum absolute atomic E-state index is 9.06. The second kappa shape index (κ2) is 6.55. The molecule has 4 heteroatoms. The third-order valence-electron chi connectivity index (χ3n) is 3.71. The maximum atomic E-state index is 9.06. The van der Waals surface area contributed by atoms with Crippen LogP contribution in [-0.4, -0.2) is 26.4 Å². The van der Waals surface area contributed by atoms with E-state index in [1.54, 1.807) is 14.2 Å². The molecule has 102 valence electrons. The molecular weight excluding hydrogens is 240 g/mol. The molecule has 1 saturated carbocycles. The van der Waals surface area contributed by atoms with Crippen LogP contribution in [-0.2, 0) is 11.3 Å². The Hall–Kier alpha value is -1.57. The fraction of sp³-hybridized carbons (Fsp3) is 0.533. The highest BCUT2D eigenvalue weighted by Gasteiger charge is 2.26. The molecule has 0 radical (unpaired) electrons. The number of hydrogen-bond acceptors (Lipinski definition) is 4. The summed E-state index contributed by atoms with van der Waals surface area (Å²) >= 11 is 0. The molecule has 2 atom stereocenters. The van der Waals surface area contributed by atoms with Gasteiger partial charge < -0.3 is 14.8 Å². The van der Waals surface area contributed by atoms with Crippen LogP contribution >= 0.6 is 0 Å². The van der Waals surface area contributed by atoms with Crippen molar-refractivity contribution in [3.8, 4) is 11.8 Å². The Balaban J connectivity index is 1.98. The molecule has 1 fully saturated rings. The summed E-state index contributed by atoms with van der Waals surface area (Å²) in [6.45, 7) is 0.753. The van der Waals surface area contributed by atoms with Crippen LogP contribution in [0.4, 0.5) is 0 Å². The van der Waals surface area contributed by atoms with Crippen molar-refractivity contribution in [2.24, 2.45) is 0 Å². The first kappa shape index (κ1) is 13.9. The van der Waals surface area contributed by atoms with Gasteiger partial charge in [0.15, 0.2) is 0 Å². The van der Waals surface area contributed by atoms with Crippen LogP contribution in [0.2, 0.25) is 0 Å². The Morgan fingerprint density at radius 1 is 1.37 bits per heavy atom. The van der Waals surface area contributed by atoms with Crippen molar-refractivity contribution in [2.45, 2.75) is 38.0 Å². The highest BCUT2D eigenvalue weighted by molar-refractivity contribution is 5.45. The van der Waals surface area contributed by atoms with Gasteiger partial charge in [-0.15, -0.1) is 0 Å². The van der Waals surface area contributed by atoms with Crippen LogP contribution in [0.25, 0.3) is 0 Å². The lowest BCUT2D eigenvalue weighted by Crippen LogP contribution is -2.36. The third-order valence-corrected chi connectivity index (χ3v) is 3.71. The number of nitrogens with zero attached hydrogens (tertiary/aromatic N) is 1. The molecule has 4 nitrogen and oxygen atoms in total. The van der Waals surface area contributed by atoms with E-state index in [9.17, 15) is 0 Å². The highest BCUT2D eigenvalue weighted by Crippen LogP contribution is 2.23. The maximum Gasteiger partial charge on any atom is 0.136 e. The topological polar surface area (TPSA) is 54.3 Å². The van der Waals surface area contributed by atoms with Crippen LogP contribution in [0.15, 0.2) is 18.2 Å². The molecule has 0 bridgehead atoms. The standard InChI is InChI=1S/C15H20N2O2/c1-18-14-7-6-11(8-12(14)9-16)10-17-13-4-3-5-15(13)19-2/h6-8,13,15,17H,3-5,10H2,1-2H3. The van der Waals surface area contributed by atoms with E-state index in [2.05, 4.69) is 11.4 Å². The molecular formula is C15H20N2O2. The van der Waals surface area contributed by atoms with Crippen molar-refractivity contribution >= 4 is 0 Å². The van der Waals surface area contributed by atoms with E-state index in [-0.39, 0.29) is 0 Å². The summed E-state index contributed by atoms with van der Waals surface area (Å²) in [5.74, 6) is 0.627. The van der Waals surface area contributed by atoms with Gasteiger partial charge in [0.1, 0.15) is 11.8 Å². The molecule has 19 heavy (non-hydrogen) atoms. The van der Waals surface area contributed by atoms with Gasteiger partial charge in [0.25, 0.3) is 0 Å². The van der Waals surface area contributed by atoms with Crippen LogP contribution in [0, 0.1) is 11.3 Å². The zero-order valence-corrected chi connectivity index (χ0v) is 11.5. The zero-order chi connectivity index (χ0) is 13.7. The molecule has 1 aromatic rings. The number of rotatable bonds is 5. The van der Waals surface area contributed by atoms with E-state index in [0.29, 0.717) is 23.5 Å². The minimum absolute atomic E-state index is 0.314. The average molecular weight is 260 g/mol. The predicted molar refractivity (Wildman–Crippen MR) is 73.0 cm³/mol. The SMILES string of the molecule is COc1ccc(CNC2CCCC2OC)cc1C#N.